The average Bonchev–Trinajstić information content (AvgIpc) is 2.44. The number of unbranched alkanes of at least 4 members (excludes halogenated alkanes) is 1. The number of carbonyl (C=O) groups excluding carboxylic acids is 1. The molecule has 0 rings (SSSR count). The summed E-state index contributed by atoms with van der Waals surface area (Å²) in [5.74, 6) is 0.627. The Kier molecular flexibility index (Phi) is 13.0. The standard InChI is InChI=1S/C13H26O6/c1-3-5-6-12(4-2)11-17-8-7-16-9-10-18-13(14)19-15/h12,15H,3-11H2,1-2H3. The Hall–Kier alpha value is -0.850. The summed E-state index contributed by atoms with van der Waals surface area (Å²) < 4.78 is 15.1. The van der Waals surface area contributed by atoms with Gasteiger partial charge in [-0.25, -0.2) is 4.79 Å². The van der Waals surface area contributed by atoms with Crippen molar-refractivity contribution in [1.29, 1.82) is 0 Å². The second kappa shape index (κ2) is 13.6. The molecule has 0 aliphatic heterocycles. The first kappa shape index (κ1) is 18.1. The van der Waals surface area contributed by atoms with Crippen LogP contribution in [-0.4, -0.2) is 44.4 Å². The summed E-state index contributed by atoms with van der Waals surface area (Å²) in [7, 11) is 0. The summed E-state index contributed by atoms with van der Waals surface area (Å²) >= 11 is 0. The second-order valence-corrected chi connectivity index (χ2v) is 4.29. The molecule has 1 N–H and O–H groups in total. The third kappa shape index (κ3) is 11.9. The van der Waals surface area contributed by atoms with Gasteiger partial charge in [-0.05, 0) is 12.3 Å². The van der Waals surface area contributed by atoms with E-state index in [1.807, 2.05) is 0 Å². The molecule has 19 heavy (non-hydrogen) atoms. The van der Waals surface area contributed by atoms with Crippen molar-refractivity contribution >= 4 is 6.16 Å². The van der Waals surface area contributed by atoms with E-state index in [-0.39, 0.29) is 13.2 Å². The van der Waals surface area contributed by atoms with Crippen LogP contribution in [0.25, 0.3) is 0 Å². The van der Waals surface area contributed by atoms with Crippen LogP contribution in [0.15, 0.2) is 0 Å². The van der Waals surface area contributed by atoms with Crippen LogP contribution in [0.5, 0.6) is 0 Å². The van der Waals surface area contributed by atoms with Crippen molar-refractivity contribution in [2.75, 3.05) is 33.0 Å². The van der Waals surface area contributed by atoms with Crippen LogP contribution in [-0.2, 0) is 19.1 Å². The molecule has 0 aromatic carbocycles. The highest BCUT2D eigenvalue weighted by atomic mass is 17.1. The third-order valence-corrected chi connectivity index (χ3v) is 2.79. The Morgan fingerprint density at radius 1 is 1.11 bits per heavy atom. The van der Waals surface area contributed by atoms with Gasteiger partial charge < -0.3 is 14.2 Å². The minimum atomic E-state index is -1.12. The van der Waals surface area contributed by atoms with Gasteiger partial charge in [0.2, 0.25) is 0 Å². The zero-order valence-corrected chi connectivity index (χ0v) is 11.9. The fraction of sp³-hybridized carbons (Fsp3) is 0.923. The van der Waals surface area contributed by atoms with Crippen LogP contribution in [0.2, 0.25) is 0 Å². The summed E-state index contributed by atoms with van der Waals surface area (Å²) in [6.07, 6.45) is 3.69. The maximum atomic E-state index is 10.4. The molecule has 0 aliphatic carbocycles. The molecule has 0 aliphatic rings. The summed E-state index contributed by atoms with van der Waals surface area (Å²) in [5, 5.41) is 7.91. The number of carbonyl (C=O) groups is 1. The first-order valence-corrected chi connectivity index (χ1v) is 6.88. The van der Waals surface area contributed by atoms with Gasteiger partial charge in [0.05, 0.1) is 19.8 Å². The molecule has 0 bridgehead atoms. The lowest BCUT2D eigenvalue weighted by atomic mass is 10.0. The van der Waals surface area contributed by atoms with Crippen LogP contribution in [0.1, 0.15) is 39.5 Å². The van der Waals surface area contributed by atoms with Crippen molar-refractivity contribution in [3.05, 3.63) is 0 Å². The molecule has 0 amide bonds. The number of rotatable bonds is 12. The molecule has 0 spiro atoms. The quantitative estimate of drug-likeness (QED) is 0.256. The Balaban J connectivity index is 3.27. The van der Waals surface area contributed by atoms with Crippen LogP contribution < -0.4 is 0 Å². The van der Waals surface area contributed by atoms with Crippen LogP contribution in [0.4, 0.5) is 4.79 Å². The van der Waals surface area contributed by atoms with E-state index in [0.29, 0.717) is 19.1 Å². The molecule has 0 radical (unpaired) electrons. The lowest BCUT2D eigenvalue weighted by Crippen LogP contribution is -2.15. The van der Waals surface area contributed by atoms with E-state index in [9.17, 15) is 4.79 Å². The van der Waals surface area contributed by atoms with Gasteiger partial charge in [-0.1, -0.05) is 33.1 Å². The van der Waals surface area contributed by atoms with Gasteiger partial charge >= 0.3 is 6.16 Å². The highest BCUT2D eigenvalue weighted by molar-refractivity contribution is 5.58. The first-order chi connectivity index (χ1) is 9.24. The van der Waals surface area contributed by atoms with E-state index in [4.69, 9.17) is 14.7 Å². The van der Waals surface area contributed by atoms with Crippen molar-refractivity contribution in [2.24, 2.45) is 5.92 Å². The summed E-state index contributed by atoms with van der Waals surface area (Å²) in [6, 6.07) is 0. The highest BCUT2D eigenvalue weighted by Crippen LogP contribution is 2.12. The molecule has 0 saturated carbocycles. The molecule has 6 nitrogen and oxygen atoms in total. The maximum absolute atomic E-state index is 10.4. The van der Waals surface area contributed by atoms with Crippen LogP contribution >= 0.6 is 0 Å². The molecular formula is C13H26O6. The Morgan fingerprint density at radius 3 is 2.42 bits per heavy atom. The van der Waals surface area contributed by atoms with E-state index < -0.39 is 6.16 Å². The zero-order valence-electron chi connectivity index (χ0n) is 11.9. The molecule has 6 heteroatoms. The van der Waals surface area contributed by atoms with Crippen molar-refractivity contribution in [3.8, 4) is 0 Å². The minimum absolute atomic E-state index is 0.0491. The molecule has 0 aromatic rings. The van der Waals surface area contributed by atoms with Crippen molar-refractivity contribution in [3.63, 3.8) is 0 Å². The van der Waals surface area contributed by atoms with Gasteiger partial charge in [0.15, 0.2) is 0 Å². The minimum Gasteiger partial charge on any atom is -0.430 e. The normalized spacial score (nSPS) is 12.2. The second-order valence-electron chi connectivity index (χ2n) is 4.29. The fourth-order valence-corrected chi connectivity index (χ4v) is 1.58. The molecule has 114 valence electrons. The Bertz CT molecular complexity index is 209. The molecular weight excluding hydrogens is 252 g/mol. The topological polar surface area (TPSA) is 74.2 Å². The summed E-state index contributed by atoms with van der Waals surface area (Å²) in [6.45, 7) is 6.44. The highest BCUT2D eigenvalue weighted by Gasteiger charge is 2.05. The third-order valence-electron chi connectivity index (χ3n) is 2.79. The lowest BCUT2D eigenvalue weighted by molar-refractivity contribution is -0.201. The predicted octanol–water partition coefficient (Wildman–Crippen LogP) is 2.86. The van der Waals surface area contributed by atoms with Gasteiger partial charge in [0.1, 0.15) is 6.61 Å². The zero-order chi connectivity index (χ0) is 14.3. The van der Waals surface area contributed by atoms with Gasteiger partial charge in [-0.2, -0.15) is 5.26 Å². The van der Waals surface area contributed by atoms with Gasteiger partial charge in [0, 0.05) is 6.61 Å². The molecule has 1 unspecified atom stereocenters. The lowest BCUT2D eigenvalue weighted by Gasteiger charge is -2.14. The average molecular weight is 278 g/mol. The number of hydrogen-bond donors (Lipinski definition) is 1. The fourth-order valence-electron chi connectivity index (χ4n) is 1.58. The maximum Gasteiger partial charge on any atom is 0.540 e. The SMILES string of the molecule is CCCCC(CC)COCCOCCOC(=O)OO. The summed E-state index contributed by atoms with van der Waals surface area (Å²) in [4.78, 5) is 13.7. The van der Waals surface area contributed by atoms with Gasteiger partial charge in [0.25, 0.3) is 0 Å². The Labute approximate surface area is 114 Å². The molecule has 1 atom stereocenters. The molecule has 0 aromatic heterocycles. The first-order valence-electron chi connectivity index (χ1n) is 6.88. The van der Waals surface area contributed by atoms with E-state index in [1.165, 1.54) is 19.3 Å². The molecule has 0 heterocycles. The largest absolute Gasteiger partial charge is 0.540 e. The predicted molar refractivity (Wildman–Crippen MR) is 70.0 cm³/mol. The van der Waals surface area contributed by atoms with Crippen molar-refractivity contribution in [1.82, 2.24) is 0 Å². The van der Waals surface area contributed by atoms with Crippen LogP contribution in [0, 0.1) is 5.92 Å². The summed E-state index contributed by atoms with van der Waals surface area (Å²) in [5.41, 5.74) is 0. The van der Waals surface area contributed by atoms with Crippen molar-refractivity contribution in [2.45, 2.75) is 39.5 Å². The van der Waals surface area contributed by atoms with Crippen LogP contribution in [0.3, 0.4) is 0 Å². The monoisotopic (exact) mass is 278 g/mol. The van der Waals surface area contributed by atoms with E-state index in [2.05, 4.69) is 23.5 Å². The smallest absolute Gasteiger partial charge is 0.430 e. The van der Waals surface area contributed by atoms with E-state index >= 15 is 0 Å². The van der Waals surface area contributed by atoms with Gasteiger partial charge in [-0.3, -0.25) is 4.89 Å². The number of ether oxygens (including phenoxy) is 3. The molecule has 0 saturated heterocycles. The van der Waals surface area contributed by atoms with E-state index in [0.717, 1.165) is 13.0 Å². The number of hydrogen-bond acceptors (Lipinski definition) is 6. The van der Waals surface area contributed by atoms with Crippen molar-refractivity contribution < 1.29 is 29.1 Å². The van der Waals surface area contributed by atoms with Gasteiger partial charge in [-0.15, -0.1) is 0 Å². The Morgan fingerprint density at radius 2 is 1.79 bits per heavy atom. The molecule has 0 fully saturated rings. The van der Waals surface area contributed by atoms with E-state index in [1.54, 1.807) is 0 Å².